The van der Waals surface area contributed by atoms with Crippen LogP contribution in [-0.2, 0) is 28.7 Å². The summed E-state index contributed by atoms with van der Waals surface area (Å²) in [5.41, 5.74) is -4.32. The normalized spacial score (nSPS) is 43.0. The van der Waals surface area contributed by atoms with Gasteiger partial charge >= 0.3 is 11.9 Å². The largest absolute Gasteiger partial charge is 0.457 e. The minimum atomic E-state index is -1.33. The summed E-state index contributed by atoms with van der Waals surface area (Å²) in [5.74, 6) is -1.70. The first-order chi connectivity index (χ1) is 19.9. The van der Waals surface area contributed by atoms with Gasteiger partial charge in [-0.25, -0.2) is 4.79 Å². The van der Waals surface area contributed by atoms with Crippen LogP contribution in [0, 0.1) is 29.1 Å². The second-order valence-corrected chi connectivity index (χ2v) is 13.7. The van der Waals surface area contributed by atoms with Crippen molar-refractivity contribution in [3.8, 4) is 0 Å². The van der Waals surface area contributed by atoms with Crippen molar-refractivity contribution in [2.75, 3.05) is 11.8 Å². The zero-order valence-electron chi connectivity index (χ0n) is 24.2. The van der Waals surface area contributed by atoms with Gasteiger partial charge in [0.25, 0.3) is 0 Å². The molecular weight excluding hydrogens is 585 g/mol. The van der Waals surface area contributed by atoms with Crippen LogP contribution in [0.4, 0.5) is 0 Å². The lowest BCUT2D eigenvalue weighted by molar-refractivity contribution is -0.262. The Morgan fingerprint density at radius 3 is 1.90 bits per heavy atom. The number of rotatable bonds is 8. The molecule has 4 fully saturated rings. The Morgan fingerprint density at radius 2 is 1.40 bits per heavy atom. The van der Waals surface area contributed by atoms with E-state index in [-0.39, 0.29) is 29.9 Å². The van der Waals surface area contributed by atoms with Crippen molar-refractivity contribution < 1.29 is 38.9 Å². The first-order valence-corrected chi connectivity index (χ1v) is 16.1. The number of ether oxygens (including phenoxy) is 2. The number of aliphatic hydroxyl groups is 2. The molecule has 42 heavy (non-hydrogen) atoms. The zero-order valence-corrected chi connectivity index (χ0v) is 25.7. The summed E-state index contributed by atoms with van der Waals surface area (Å²) < 4.78 is 10.7. The van der Waals surface area contributed by atoms with Gasteiger partial charge in [0.15, 0.2) is 5.60 Å². The van der Waals surface area contributed by atoms with Gasteiger partial charge in [0, 0.05) is 30.0 Å². The number of hydrogen-bond acceptors (Lipinski definition) is 8. The molecule has 0 aromatic heterocycles. The highest BCUT2D eigenvalue weighted by Crippen LogP contribution is 2.62. The smallest absolute Gasteiger partial charge is 0.339 e. The summed E-state index contributed by atoms with van der Waals surface area (Å²) in [4.78, 5) is 49.0. The van der Waals surface area contributed by atoms with Gasteiger partial charge < -0.3 is 25.0 Å². The summed E-state index contributed by atoms with van der Waals surface area (Å²) >= 11 is 11.6. The highest BCUT2D eigenvalue weighted by Gasteiger charge is 2.80. The number of hydrogen-bond donors (Lipinski definition) is 3. The van der Waals surface area contributed by atoms with Crippen LogP contribution in [0.5, 0.6) is 0 Å². The van der Waals surface area contributed by atoms with Crippen LogP contribution in [0.15, 0.2) is 24.3 Å². The minimum Gasteiger partial charge on any atom is -0.457 e. The van der Waals surface area contributed by atoms with Crippen molar-refractivity contribution in [3.05, 3.63) is 24.3 Å². The van der Waals surface area contributed by atoms with Crippen LogP contribution in [0.25, 0.3) is 0 Å². The fourth-order valence-electron chi connectivity index (χ4n) is 8.39. The Morgan fingerprint density at radius 1 is 0.857 bits per heavy atom. The van der Waals surface area contributed by atoms with Crippen LogP contribution in [0.3, 0.4) is 0 Å². The van der Waals surface area contributed by atoms with E-state index in [2.05, 4.69) is 5.32 Å². The minimum absolute atomic E-state index is 0.0113. The van der Waals surface area contributed by atoms with Crippen molar-refractivity contribution in [2.45, 2.75) is 101 Å². The van der Waals surface area contributed by atoms with Crippen molar-refractivity contribution in [3.63, 3.8) is 0 Å². The second-order valence-electron chi connectivity index (χ2n) is 12.9. The first kappa shape index (κ1) is 31.5. The Bertz CT molecular complexity index is 1100. The van der Waals surface area contributed by atoms with Crippen molar-refractivity contribution in [2.24, 2.45) is 29.1 Å². The molecule has 3 aliphatic carbocycles. The number of nitrogens with one attached hydrogen (secondary N) is 1. The lowest BCUT2D eigenvalue weighted by atomic mass is 9.60. The molecule has 3 saturated heterocycles. The molecule has 9 nitrogen and oxygen atoms in total. The first-order valence-electron chi connectivity index (χ1n) is 15.1. The number of esters is 2. The molecule has 0 bridgehead atoms. The van der Waals surface area contributed by atoms with Gasteiger partial charge in [0.05, 0.1) is 24.0 Å². The summed E-state index contributed by atoms with van der Waals surface area (Å²) in [7, 11) is 0. The Balaban J connectivity index is 0.000000168. The number of alkyl halides is 2. The van der Waals surface area contributed by atoms with Gasteiger partial charge in [-0.05, 0) is 65.2 Å². The van der Waals surface area contributed by atoms with Gasteiger partial charge in [0.2, 0.25) is 11.4 Å². The van der Waals surface area contributed by atoms with E-state index < -0.39 is 58.1 Å². The van der Waals surface area contributed by atoms with Gasteiger partial charge in [-0.2, -0.15) is 0 Å². The molecule has 11 heteroatoms. The van der Waals surface area contributed by atoms with Gasteiger partial charge in [0.1, 0.15) is 16.8 Å². The third-order valence-electron chi connectivity index (χ3n) is 10.9. The molecule has 0 aromatic rings. The second kappa shape index (κ2) is 11.5. The molecular formula is C31H41Cl2NO8. The van der Waals surface area contributed by atoms with E-state index in [1.807, 2.05) is 24.3 Å². The van der Waals surface area contributed by atoms with Crippen molar-refractivity contribution >= 4 is 46.8 Å². The summed E-state index contributed by atoms with van der Waals surface area (Å²) in [5, 5.41) is 24.4. The molecule has 232 valence electrons. The van der Waals surface area contributed by atoms with Crippen LogP contribution < -0.4 is 5.32 Å². The number of amides is 1. The topological polar surface area (TPSA) is 139 Å². The van der Waals surface area contributed by atoms with E-state index in [1.165, 1.54) is 0 Å². The molecule has 3 N–H and O–H groups in total. The van der Waals surface area contributed by atoms with Crippen LogP contribution in [0.1, 0.15) is 71.6 Å². The van der Waals surface area contributed by atoms with E-state index in [4.69, 9.17) is 32.7 Å². The molecule has 6 aliphatic rings. The Kier molecular flexibility index (Phi) is 8.64. The van der Waals surface area contributed by atoms with Crippen LogP contribution in [-0.4, -0.2) is 74.6 Å². The fourth-order valence-corrected chi connectivity index (χ4v) is 8.82. The summed E-state index contributed by atoms with van der Waals surface area (Å²) in [6.45, 7) is 3.51. The van der Waals surface area contributed by atoms with Gasteiger partial charge in [-0.1, -0.05) is 24.3 Å². The molecule has 10 atom stereocenters. The lowest BCUT2D eigenvalue weighted by Crippen LogP contribution is -2.80. The molecule has 0 aromatic carbocycles. The summed E-state index contributed by atoms with van der Waals surface area (Å²) in [6.07, 6.45) is 12.8. The standard InChI is InChI=1S/C16H21ClO4.C15H20ClNO4/c1-15-11(7-8-17)12(18)9-16(15,14(20)21-15)13(19)10-5-3-2-4-6-10;1-14-10(7-8-16)12(19)17-15(14,13(20)21-14)11(18)9-5-3-2-4-6-9/h3,5,10-11,13,19H,2,4,6-9H2,1H3;3,5,9-11,18H,2,4,6-8H2,1H3,(H,17,19)/t10?,11-,13?,15-,16+;9?,10-,11-,14-,15-/m10/s1. The molecule has 3 heterocycles. The number of allylic oxidation sites excluding steroid dienone is 2. The third-order valence-corrected chi connectivity index (χ3v) is 11.3. The number of ketones is 1. The summed E-state index contributed by atoms with van der Waals surface area (Å²) in [6, 6.07) is 0. The highest BCUT2D eigenvalue weighted by atomic mass is 35.5. The SMILES string of the molecule is C[C@@]12OC(=O)[C@]1([C@@H](O)C1C=CCCC1)NC(=O)[C@@H]2CCCl.C[C@]12OC(=O)[C@@]1(C(O)C1C=CCCC1)CC(=O)[C@H]2CCCl. The van der Waals surface area contributed by atoms with E-state index in [0.717, 1.165) is 38.5 Å². The monoisotopic (exact) mass is 625 g/mol. The maximum Gasteiger partial charge on any atom is 0.339 e. The Hall–Kier alpha value is -1.94. The molecule has 3 unspecified atom stereocenters. The zero-order chi connectivity index (χ0) is 30.5. The quantitative estimate of drug-likeness (QED) is 0.212. The van der Waals surface area contributed by atoms with E-state index in [1.54, 1.807) is 13.8 Å². The van der Waals surface area contributed by atoms with E-state index in [9.17, 15) is 29.4 Å². The molecule has 0 radical (unpaired) electrons. The van der Waals surface area contributed by atoms with Crippen molar-refractivity contribution in [1.29, 1.82) is 0 Å². The van der Waals surface area contributed by atoms with Crippen molar-refractivity contribution in [1.82, 2.24) is 5.32 Å². The van der Waals surface area contributed by atoms with E-state index >= 15 is 0 Å². The van der Waals surface area contributed by atoms with Gasteiger partial charge in [-0.3, -0.25) is 14.4 Å². The predicted molar refractivity (Wildman–Crippen MR) is 155 cm³/mol. The number of fused-ring (bicyclic) bond motifs is 2. The molecule has 1 saturated carbocycles. The Labute approximate surface area is 256 Å². The molecule has 3 aliphatic heterocycles. The van der Waals surface area contributed by atoms with E-state index in [0.29, 0.717) is 24.6 Å². The molecule has 1 amide bonds. The average Bonchev–Trinajstić information content (AvgIpc) is 3.27. The predicted octanol–water partition coefficient (Wildman–Crippen LogP) is 3.36. The number of carbonyl (C=O) groups excluding carboxylic acids is 4. The third kappa shape index (κ3) is 4.32. The number of Topliss-reactive ketones (excluding diaryl/α,β-unsaturated/α-hetero) is 1. The average molecular weight is 627 g/mol. The van der Waals surface area contributed by atoms with Crippen LogP contribution in [0.2, 0.25) is 0 Å². The number of carbonyl (C=O) groups is 4. The fraction of sp³-hybridized carbons (Fsp3) is 0.742. The van der Waals surface area contributed by atoms with Crippen LogP contribution >= 0.6 is 23.2 Å². The molecule has 0 spiro atoms. The maximum atomic E-state index is 12.3. The number of halogens is 2. The number of aliphatic hydroxyl groups excluding tert-OH is 2. The molecule has 6 rings (SSSR count). The lowest BCUT2D eigenvalue weighted by Gasteiger charge is -2.55. The highest BCUT2D eigenvalue weighted by molar-refractivity contribution is 6.18. The maximum absolute atomic E-state index is 12.3. The van der Waals surface area contributed by atoms with Gasteiger partial charge in [-0.15, -0.1) is 23.2 Å².